The maximum atomic E-state index is 6.53. The summed E-state index contributed by atoms with van der Waals surface area (Å²) in [6.07, 6.45) is 2.90. The third-order valence-corrected chi connectivity index (χ3v) is 3.61. The van der Waals surface area contributed by atoms with Crippen molar-refractivity contribution in [2.45, 2.75) is 52.1 Å². The monoisotopic (exact) mass is 271 g/mol. The first-order chi connectivity index (χ1) is 9.45. The third kappa shape index (κ3) is 2.93. The van der Waals surface area contributed by atoms with Crippen molar-refractivity contribution in [1.82, 2.24) is 9.78 Å². The van der Waals surface area contributed by atoms with Gasteiger partial charge >= 0.3 is 0 Å². The van der Waals surface area contributed by atoms with Crippen LogP contribution in [0.5, 0.6) is 0 Å². The van der Waals surface area contributed by atoms with E-state index in [2.05, 4.69) is 57.1 Å². The lowest BCUT2D eigenvalue weighted by Crippen LogP contribution is -2.23. The highest BCUT2D eigenvalue weighted by atomic mass is 15.3. The van der Waals surface area contributed by atoms with Gasteiger partial charge in [-0.15, -0.1) is 0 Å². The Bertz CT molecular complexity index is 564. The summed E-state index contributed by atoms with van der Waals surface area (Å²) < 4.78 is 2.02. The quantitative estimate of drug-likeness (QED) is 0.922. The van der Waals surface area contributed by atoms with Gasteiger partial charge in [-0.25, -0.2) is 0 Å². The van der Waals surface area contributed by atoms with E-state index in [-0.39, 0.29) is 11.5 Å². The molecule has 20 heavy (non-hydrogen) atoms. The van der Waals surface area contributed by atoms with Crippen molar-refractivity contribution in [2.75, 3.05) is 0 Å². The summed E-state index contributed by atoms with van der Waals surface area (Å²) >= 11 is 0. The molecular formula is C17H25N3. The first-order valence-electron chi connectivity index (χ1n) is 7.32. The zero-order valence-corrected chi connectivity index (χ0v) is 12.9. The fourth-order valence-corrected chi connectivity index (χ4v) is 2.62. The van der Waals surface area contributed by atoms with E-state index in [4.69, 9.17) is 5.73 Å². The molecule has 0 radical (unpaired) electrons. The van der Waals surface area contributed by atoms with Gasteiger partial charge in [-0.05, 0) is 29.0 Å². The van der Waals surface area contributed by atoms with Gasteiger partial charge in [0.2, 0.25) is 0 Å². The molecule has 1 aromatic carbocycles. The van der Waals surface area contributed by atoms with E-state index in [1.807, 2.05) is 16.9 Å². The van der Waals surface area contributed by atoms with Crippen LogP contribution in [0.15, 0.2) is 36.5 Å². The Hall–Kier alpha value is -1.61. The molecule has 3 heteroatoms. The molecular weight excluding hydrogens is 246 g/mol. The van der Waals surface area contributed by atoms with Crippen LogP contribution in [0, 0.1) is 0 Å². The van der Waals surface area contributed by atoms with Gasteiger partial charge in [-0.2, -0.15) is 5.10 Å². The number of rotatable bonds is 4. The number of benzene rings is 1. The Morgan fingerprint density at radius 3 is 2.55 bits per heavy atom. The van der Waals surface area contributed by atoms with Crippen LogP contribution in [-0.4, -0.2) is 9.78 Å². The molecule has 1 aromatic heterocycles. The molecule has 2 rings (SSSR count). The first-order valence-corrected chi connectivity index (χ1v) is 7.32. The SMILES string of the molecule is CCCn1nccc1C(N)c1ccccc1C(C)(C)C. The Labute approximate surface area is 121 Å². The zero-order valence-electron chi connectivity index (χ0n) is 12.9. The van der Waals surface area contributed by atoms with Crippen molar-refractivity contribution in [2.24, 2.45) is 5.73 Å². The number of nitrogens with zero attached hydrogens (tertiary/aromatic N) is 2. The number of nitrogens with two attached hydrogens (primary N) is 1. The topological polar surface area (TPSA) is 43.8 Å². The highest BCUT2D eigenvalue weighted by molar-refractivity contribution is 5.38. The molecule has 0 saturated heterocycles. The third-order valence-electron chi connectivity index (χ3n) is 3.61. The van der Waals surface area contributed by atoms with E-state index in [0.29, 0.717) is 0 Å². The minimum absolute atomic E-state index is 0.0871. The van der Waals surface area contributed by atoms with Crippen LogP contribution in [0.4, 0.5) is 0 Å². The molecule has 1 atom stereocenters. The van der Waals surface area contributed by atoms with E-state index >= 15 is 0 Å². The fraction of sp³-hybridized carbons (Fsp3) is 0.471. The summed E-state index contributed by atoms with van der Waals surface area (Å²) in [4.78, 5) is 0. The zero-order chi connectivity index (χ0) is 14.8. The first kappa shape index (κ1) is 14.8. The van der Waals surface area contributed by atoms with E-state index in [1.165, 1.54) is 11.1 Å². The molecule has 2 N–H and O–H groups in total. The van der Waals surface area contributed by atoms with Crippen LogP contribution in [0.1, 0.15) is 57.0 Å². The second-order valence-corrected chi connectivity index (χ2v) is 6.29. The number of aryl methyl sites for hydroxylation is 1. The second kappa shape index (κ2) is 5.80. The summed E-state index contributed by atoms with van der Waals surface area (Å²) in [6, 6.07) is 10.4. The number of hydrogen-bond acceptors (Lipinski definition) is 2. The highest BCUT2D eigenvalue weighted by Crippen LogP contribution is 2.31. The van der Waals surface area contributed by atoms with Crippen LogP contribution in [0.25, 0.3) is 0 Å². The molecule has 108 valence electrons. The summed E-state index contributed by atoms with van der Waals surface area (Å²) in [5.41, 5.74) is 10.2. The van der Waals surface area contributed by atoms with Crippen LogP contribution in [0.3, 0.4) is 0 Å². The van der Waals surface area contributed by atoms with Gasteiger partial charge in [0, 0.05) is 12.7 Å². The standard InChI is InChI=1S/C17H25N3/c1-5-12-20-15(10-11-19-20)16(18)13-8-6-7-9-14(13)17(2,3)4/h6-11,16H,5,12,18H2,1-4H3. The molecule has 0 bridgehead atoms. The largest absolute Gasteiger partial charge is 0.319 e. The van der Waals surface area contributed by atoms with E-state index in [0.717, 1.165) is 18.7 Å². The Morgan fingerprint density at radius 2 is 1.90 bits per heavy atom. The fourth-order valence-electron chi connectivity index (χ4n) is 2.62. The van der Waals surface area contributed by atoms with Gasteiger partial charge in [0.25, 0.3) is 0 Å². The number of hydrogen-bond donors (Lipinski definition) is 1. The molecule has 0 aliphatic rings. The van der Waals surface area contributed by atoms with Crippen molar-refractivity contribution in [3.8, 4) is 0 Å². The summed E-state index contributed by atoms with van der Waals surface area (Å²) in [6.45, 7) is 9.74. The Kier molecular flexibility index (Phi) is 4.29. The lowest BCUT2D eigenvalue weighted by atomic mass is 9.81. The minimum Gasteiger partial charge on any atom is -0.319 e. The maximum absolute atomic E-state index is 6.53. The Balaban J connectivity index is 2.43. The van der Waals surface area contributed by atoms with Crippen molar-refractivity contribution >= 4 is 0 Å². The molecule has 3 nitrogen and oxygen atoms in total. The summed E-state index contributed by atoms with van der Waals surface area (Å²) in [5.74, 6) is 0. The smallest absolute Gasteiger partial charge is 0.0726 e. The van der Waals surface area contributed by atoms with Crippen molar-refractivity contribution in [1.29, 1.82) is 0 Å². The molecule has 0 saturated carbocycles. The van der Waals surface area contributed by atoms with Crippen LogP contribution < -0.4 is 5.73 Å². The average molecular weight is 271 g/mol. The molecule has 0 aliphatic carbocycles. The molecule has 0 spiro atoms. The van der Waals surface area contributed by atoms with E-state index in [1.54, 1.807) is 0 Å². The highest BCUT2D eigenvalue weighted by Gasteiger charge is 2.23. The maximum Gasteiger partial charge on any atom is 0.0726 e. The van der Waals surface area contributed by atoms with Gasteiger partial charge in [0.1, 0.15) is 0 Å². The van der Waals surface area contributed by atoms with Gasteiger partial charge < -0.3 is 5.73 Å². The minimum atomic E-state index is -0.125. The summed E-state index contributed by atoms with van der Waals surface area (Å²) in [7, 11) is 0. The van der Waals surface area contributed by atoms with Gasteiger partial charge in [-0.3, -0.25) is 4.68 Å². The molecule has 0 aliphatic heterocycles. The summed E-state index contributed by atoms with van der Waals surface area (Å²) in [5, 5.41) is 4.38. The van der Waals surface area contributed by atoms with Gasteiger partial charge in [0.05, 0.1) is 11.7 Å². The predicted molar refractivity (Wildman–Crippen MR) is 83.7 cm³/mol. The van der Waals surface area contributed by atoms with Crippen LogP contribution in [0.2, 0.25) is 0 Å². The van der Waals surface area contributed by atoms with Crippen molar-refractivity contribution in [3.05, 3.63) is 53.3 Å². The van der Waals surface area contributed by atoms with E-state index < -0.39 is 0 Å². The molecule has 2 aromatic rings. The lowest BCUT2D eigenvalue weighted by molar-refractivity contribution is 0.546. The molecule has 1 unspecified atom stereocenters. The molecule has 1 heterocycles. The molecule has 0 amide bonds. The van der Waals surface area contributed by atoms with Gasteiger partial charge in [0.15, 0.2) is 0 Å². The lowest BCUT2D eigenvalue weighted by Gasteiger charge is -2.26. The normalized spacial score (nSPS) is 13.4. The van der Waals surface area contributed by atoms with Crippen LogP contribution >= 0.6 is 0 Å². The predicted octanol–water partition coefficient (Wildman–Crippen LogP) is 3.64. The average Bonchev–Trinajstić information content (AvgIpc) is 2.85. The van der Waals surface area contributed by atoms with Crippen molar-refractivity contribution in [3.63, 3.8) is 0 Å². The van der Waals surface area contributed by atoms with Gasteiger partial charge in [-0.1, -0.05) is 52.0 Å². The van der Waals surface area contributed by atoms with E-state index in [9.17, 15) is 0 Å². The molecule has 0 fully saturated rings. The van der Waals surface area contributed by atoms with Crippen molar-refractivity contribution < 1.29 is 0 Å². The van der Waals surface area contributed by atoms with Crippen LogP contribution in [-0.2, 0) is 12.0 Å². The Morgan fingerprint density at radius 1 is 1.20 bits per heavy atom. The number of aromatic nitrogens is 2. The second-order valence-electron chi connectivity index (χ2n) is 6.29.